The van der Waals surface area contributed by atoms with Crippen LogP contribution in [0.4, 0.5) is 0 Å². The Labute approximate surface area is 79.9 Å². The molecule has 0 unspecified atom stereocenters. The third kappa shape index (κ3) is 5.02. The largest absolute Gasteiger partial charge is 0.144 e. The Morgan fingerprint density at radius 3 is 1.73 bits per heavy atom. The van der Waals surface area contributed by atoms with Crippen molar-refractivity contribution >= 4 is 23.5 Å². The Morgan fingerprint density at radius 1 is 1.09 bits per heavy atom. The van der Waals surface area contributed by atoms with Gasteiger partial charge >= 0.3 is 0 Å². The molecule has 1 heterocycles. The summed E-state index contributed by atoms with van der Waals surface area (Å²) < 4.78 is 0.493. The van der Waals surface area contributed by atoms with E-state index >= 15 is 0 Å². The number of hydrogen-bond donors (Lipinski definition) is 0. The molecule has 68 valence electrons. The lowest BCUT2D eigenvalue weighted by Crippen LogP contribution is -2.21. The van der Waals surface area contributed by atoms with Gasteiger partial charge in [-0.1, -0.05) is 20.8 Å². The summed E-state index contributed by atoms with van der Waals surface area (Å²) in [4.78, 5) is 0. The summed E-state index contributed by atoms with van der Waals surface area (Å²) in [5.41, 5.74) is 0. The van der Waals surface area contributed by atoms with Crippen LogP contribution in [-0.2, 0) is 0 Å². The Kier molecular flexibility index (Phi) is 5.71. The monoisotopic (exact) mass is 192 g/mol. The van der Waals surface area contributed by atoms with Crippen molar-refractivity contribution in [2.24, 2.45) is 5.92 Å². The van der Waals surface area contributed by atoms with Crippen LogP contribution in [0.25, 0.3) is 0 Å². The first kappa shape index (κ1) is 11.7. The predicted molar refractivity (Wildman–Crippen MR) is 59.5 cm³/mol. The van der Waals surface area contributed by atoms with Gasteiger partial charge in [0.25, 0.3) is 0 Å². The van der Waals surface area contributed by atoms with Crippen LogP contribution in [0.2, 0.25) is 0 Å². The molecule has 0 aromatic heterocycles. The molecular formula is C9H20S2. The molecule has 0 amide bonds. The van der Waals surface area contributed by atoms with Crippen molar-refractivity contribution in [2.45, 2.75) is 38.7 Å². The first-order chi connectivity index (χ1) is 5.10. The van der Waals surface area contributed by atoms with Crippen LogP contribution >= 0.6 is 23.5 Å². The summed E-state index contributed by atoms with van der Waals surface area (Å²) in [6.07, 6.45) is 0. The van der Waals surface area contributed by atoms with E-state index in [-0.39, 0.29) is 0 Å². The average molecular weight is 192 g/mol. The molecule has 11 heavy (non-hydrogen) atoms. The van der Waals surface area contributed by atoms with Crippen LogP contribution in [0, 0.1) is 5.92 Å². The Bertz CT molecular complexity index is 89.7. The zero-order valence-corrected chi connectivity index (χ0v) is 9.94. The maximum absolute atomic E-state index is 2.33. The minimum Gasteiger partial charge on any atom is -0.144 e. The van der Waals surface area contributed by atoms with E-state index in [0.29, 0.717) is 4.08 Å². The van der Waals surface area contributed by atoms with Crippen LogP contribution in [0.15, 0.2) is 0 Å². The highest BCUT2D eigenvalue weighted by molar-refractivity contribution is 8.18. The van der Waals surface area contributed by atoms with Crippen molar-refractivity contribution < 1.29 is 0 Å². The maximum atomic E-state index is 2.33. The van der Waals surface area contributed by atoms with Crippen LogP contribution in [0.1, 0.15) is 34.6 Å². The molecule has 0 spiro atoms. The summed E-state index contributed by atoms with van der Waals surface area (Å²) >= 11 is 4.18. The molecule has 1 rings (SSSR count). The summed E-state index contributed by atoms with van der Waals surface area (Å²) in [5.74, 6) is 3.62. The van der Waals surface area contributed by atoms with E-state index in [4.69, 9.17) is 0 Å². The van der Waals surface area contributed by atoms with Gasteiger partial charge in [0.1, 0.15) is 0 Å². The van der Waals surface area contributed by atoms with Crippen LogP contribution in [0.5, 0.6) is 0 Å². The van der Waals surface area contributed by atoms with Gasteiger partial charge in [0, 0.05) is 0 Å². The van der Waals surface area contributed by atoms with E-state index in [1.54, 1.807) is 0 Å². The zero-order valence-electron chi connectivity index (χ0n) is 8.31. The second-order valence-electron chi connectivity index (χ2n) is 3.13. The highest BCUT2D eigenvalue weighted by atomic mass is 32.2. The van der Waals surface area contributed by atoms with E-state index < -0.39 is 0 Å². The standard InChI is InChI=1S/C7H14S2.C2H6/c1-6-4-8-7(2,3)9-5-6;1-2/h6H,4-5H2,1-3H3;1-2H3. The first-order valence-corrected chi connectivity index (χ1v) is 6.35. The smallest absolute Gasteiger partial charge is 0.0555 e. The SMILES string of the molecule is CC.CC1CSC(C)(C)SC1. The average Bonchev–Trinajstić information content (AvgIpc) is 2.00. The lowest BCUT2D eigenvalue weighted by molar-refractivity contribution is 0.745. The van der Waals surface area contributed by atoms with Gasteiger partial charge in [-0.15, -0.1) is 23.5 Å². The van der Waals surface area contributed by atoms with E-state index in [1.807, 2.05) is 13.8 Å². The van der Waals surface area contributed by atoms with Crippen molar-refractivity contribution in [3.05, 3.63) is 0 Å². The lowest BCUT2D eigenvalue weighted by Gasteiger charge is -2.31. The van der Waals surface area contributed by atoms with Crippen LogP contribution in [0.3, 0.4) is 0 Å². The van der Waals surface area contributed by atoms with Gasteiger partial charge in [0.2, 0.25) is 0 Å². The quantitative estimate of drug-likeness (QED) is 0.571. The minimum absolute atomic E-state index is 0.493. The Balaban J connectivity index is 0.000000461. The molecule has 0 aromatic carbocycles. The fraction of sp³-hybridized carbons (Fsp3) is 1.00. The maximum Gasteiger partial charge on any atom is 0.0555 e. The number of hydrogen-bond acceptors (Lipinski definition) is 2. The lowest BCUT2D eigenvalue weighted by atomic mass is 10.3. The summed E-state index contributed by atoms with van der Waals surface area (Å²) in [7, 11) is 0. The predicted octanol–water partition coefficient (Wildman–Crippen LogP) is 3.86. The van der Waals surface area contributed by atoms with Gasteiger partial charge in [-0.2, -0.15) is 0 Å². The first-order valence-electron chi connectivity index (χ1n) is 4.38. The second-order valence-corrected chi connectivity index (χ2v) is 6.67. The molecule has 0 nitrogen and oxygen atoms in total. The number of thioether (sulfide) groups is 2. The summed E-state index contributed by atoms with van der Waals surface area (Å²) in [5, 5.41) is 0. The zero-order chi connectivity index (χ0) is 8.91. The van der Waals surface area contributed by atoms with E-state index in [2.05, 4.69) is 44.3 Å². The van der Waals surface area contributed by atoms with Gasteiger partial charge in [-0.3, -0.25) is 0 Å². The molecule has 0 saturated carbocycles. The molecule has 1 aliphatic heterocycles. The van der Waals surface area contributed by atoms with E-state index in [9.17, 15) is 0 Å². The van der Waals surface area contributed by atoms with Crippen LogP contribution in [-0.4, -0.2) is 15.6 Å². The minimum atomic E-state index is 0.493. The molecule has 0 N–H and O–H groups in total. The van der Waals surface area contributed by atoms with Crippen molar-refractivity contribution in [3.63, 3.8) is 0 Å². The fourth-order valence-corrected chi connectivity index (χ4v) is 3.27. The number of rotatable bonds is 0. The van der Waals surface area contributed by atoms with Gasteiger partial charge < -0.3 is 0 Å². The highest BCUT2D eigenvalue weighted by Crippen LogP contribution is 2.42. The van der Waals surface area contributed by atoms with E-state index in [1.165, 1.54) is 11.5 Å². The highest BCUT2D eigenvalue weighted by Gasteiger charge is 2.25. The molecule has 0 aromatic rings. The molecule has 0 bridgehead atoms. The topological polar surface area (TPSA) is 0 Å². The van der Waals surface area contributed by atoms with Crippen molar-refractivity contribution in [2.75, 3.05) is 11.5 Å². The molecule has 0 radical (unpaired) electrons. The molecule has 1 aliphatic rings. The molecule has 0 aliphatic carbocycles. The molecule has 2 heteroatoms. The fourth-order valence-electron chi connectivity index (χ4n) is 0.776. The molecular weight excluding hydrogens is 172 g/mol. The Hall–Kier alpha value is 0.700. The molecule has 1 fully saturated rings. The molecule has 0 atom stereocenters. The third-order valence-corrected chi connectivity index (χ3v) is 5.00. The van der Waals surface area contributed by atoms with Crippen molar-refractivity contribution in [1.82, 2.24) is 0 Å². The molecule has 1 saturated heterocycles. The van der Waals surface area contributed by atoms with E-state index in [0.717, 1.165) is 5.92 Å². The van der Waals surface area contributed by atoms with Crippen molar-refractivity contribution in [1.29, 1.82) is 0 Å². The second kappa shape index (κ2) is 5.36. The third-order valence-electron chi connectivity index (χ3n) is 1.43. The summed E-state index contributed by atoms with van der Waals surface area (Å²) in [6.45, 7) is 11.0. The van der Waals surface area contributed by atoms with Gasteiger partial charge in [-0.25, -0.2) is 0 Å². The summed E-state index contributed by atoms with van der Waals surface area (Å²) in [6, 6.07) is 0. The van der Waals surface area contributed by atoms with Crippen LogP contribution < -0.4 is 0 Å². The normalized spacial score (nSPS) is 23.7. The van der Waals surface area contributed by atoms with Crippen molar-refractivity contribution in [3.8, 4) is 0 Å². The van der Waals surface area contributed by atoms with Gasteiger partial charge in [0.05, 0.1) is 4.08 Å². The Morgan fingerprint density at radius 2 is 1.45 bits per heavy atom. The van der Waals surface area contributed by atoms with Gasteiger partial charge in [-0.05, 0) is 31.3 Å². The van der Waals surface area contributed by atoms with Gasteiger partial charge in [0.15, 0.2) is 0 Å².